The maximum absolute atomic E-state index is 11.5. The molecule has 0 radical (unpaired) electrons. The Morgan fingerprint density at radius 3 is 2.56 bits per heavy atom. The van der Waals surface area contributed by atoms with Crippen LogP contribution in [0.25, 0.3) is 10.6 Å². The van der Waals surface area contributed by atoms with Gasteiger partial charge in [-0.1, -0.05) is 24.2 Å². The second kappa shape index (κ2) is 9.92. The van der Waals surface area contributed by atoms with Crippen LogP contribution in [0.15, 0.2) is 30.6 Å². The third-order valence-corrected chi connectivity index (χ3v) is 7.56. The van der Waals surface area contributed by atoms with Crippen molar-refractivity contribution < 1.29 is 4.79 Å². The van der Waals surface area contributed by atoms with Crippen molar-refractivity contribution in [3.63, 3.8) is 0 Å². The van der Waals surface area contributed by atoms with E-state index in [4.69, 9.17) is 9.97 Å². The first kappa shape index (κ1) is 22.5. The summed E-state index contributed by atoms with van der Waals surface area (Å²) in [5, 5.41) is 7.76. The van der Waals surface area contributed by atoms with Gasteiger partial charge in [-0.05, 0) is 38.0 Å². The summed E-state index contributed by atoms with van der Waals surface area (Å²) in [5.41, 5.74) is 2.88. The standard InChI is InChI=1S/C24H30N8OS/c1-16-22(34-24(27-16)28-18-5-3-4-6-18)20-9-10-25-23(29-20)30-21-8-7-19(15-26-21)32-13-11-31(12-14-32)17(2)33/h7-10,15,18H,3-6,11-14H2,1-2H3,(H,27,28)(H,25,26,29,30). The number of thiazole rings is 1. The largest absolute Gasteiger partial charge is 0.367 e. The van der Waals surface area contributed by atoms with E-state index < -0.39 is 0 Å². The maximum Gasteiger partial charge on any atom is 0.228 e. The second-order valence-corrected chi connectivity index (χ2v) is 9.84. The van der Waals surface area contributed by atoms with Crippen LogP contribution in [0.5, 0.6) is 0 Å². The van der Waals surface area contributed by atoms with Crippen molar-refractivity contribution in [3.8, 4) is 10.6 Å². The molecule has 5 rings (SSSR count). The highest BCUT2D eigenvalue weighted by molar-refractivity contribution is 7.19. The molecule has 10 heteroatoms. The Labute approximate surface area is 203 Å². The van der Waals surface area contributed by atoms with Crippen molar-refractivity contribution in [3.05, 3.63) is 36.3 Å². The summed E-state index contributed by atoms with van der Waals surface area (Å²) < 4.78 is 0. The molecule has 0 unspecified atom stereocenters. The number of hydrogen-bond donors (Lipinski definition) is 2. The predicted octanol–water partition coefficient (Wildman–Crippen LogP) is 4.07. The van der Waals surface area contributed by atoms with Gasteiger partial charge in [-0.3, -0.25) is 4.79 Å². The zero-order valence-electron chi connectivity index (χ0n) is 19.6. The van der Waals surface area contributed by atoms with Gasteiger partial charge in [-0.2, -0.15) is 0 Å². The second-order valence-electron chi connectivity index (χ2n) is 8.84. The molecule has 3 aromatic rings. The summed E-state index contributed by atoms with van der Waals surface area (Å²) in [7, 11) is 0. The van der Waals surface area contributed by atoms with Gasteiger partial charge in [0.1, 0.15) is 5.82 Å². The van der Waals surface area contributed by atoms with Gasteiger partial charge >= 0.3 is 0 Å². The Morgan fingerprint density at radius 2 is 1.85 bits per heavy atom. The van der Waals surface area contributed by atoms with E-state index in [-0.39, 0.29) is 5.91 Å². The molecule has 4 heterocycles. The van der Waals surface area contributed by atoms with Gasteiger partial charge in [-0.25, -0.2) is 19.9 Å². The van der Waals surface area contributed by atoms with Crippen LogP contribution in [0.4, 0.5) is 22.6 Å². The Kier molecular flexibility index (Phi) is 6.57. The first-order valence-electron chi connectivity index (χ1n) is 11.9. The van der Waals surface area contributed by atoms with Gasteiger partial charge in [0.2, 0.25) is 11.9 Å². The van der Waals surface area contributed by atoms with Crippen LogP contribution in [-0.2, 0) is 4.79 Å². The molecule has 1 aliphatic heterocycles. The van der Waals surface area contributed by atoms with Crippen LogP contribution in [0, 0.1) is 6.92 Å². The highest BCUT2D eigenvalue weighted by atomic mass is 32.1. The summed E-state index contributed by atoms with van der Waals surface area (Å²) >= 11 is 1.65. The topological polar surface area (TPSA) is 99.2 Å². The number of rotatable bonds is 6. The summed E-state index contributed by atoms with van der Waals surface area (Å²) in [4.78, 5) is 35.1. The molecule has 1 saturated heterocycles. The van der Waals surface area contributed by atoms with E-state index in [1.807, 2.05) is 36.2 Å². The molecule has 178 valence electrons. The van der Waals surface area contributed by atoms with E-state index in [0.717, 1.165) is 53.3 Å². The van der Waals surface area contributed by atoms with Crippen LogP contribution in [0.2, 0.25) is 0 Å². The van der Waals surface area contributed by atoms with Crippen LogP contribution in [-0.4, -0.2) is 63.0 Å². The average Bonchev–Trinajstić information content (AvgIpc) is 3.49. The molecule has 1 amide bonds. The Bertz CT molecular complexity index is 1130. The van der Waals surface area contributed by atoms with Crippen LogP contribution in [0.3, 0.4) is 0 Å². The smallest absolute Gasteiger partial charge is 0.228 e. The molecule has 2 aliphatic rings. The number of aryl methyl sites for hydroxylation is 1. The number of anilines is 4. The predicted molar refractivity (Wildman–Crippen MR) is 136 cm³/mol. The van der Waals surface area contributed by atoms with Crippen LogP contribution in [0.1, 0.15) is 38.3 Å². The molecule has 0 bridgehead atoms. The fraction of sp³-hybridized carbons (Fsp3) is 0.458. The SMILES string of the molecule is CC(=O)N1CCN(c2ccc(Nc3nccc(-c4sc(NC5CCCC5)nc4C)n3)nc2)CC1. The molecule has 1 saturated carbocycles. The molecule has 3 aromatic heterocycles. The number of carbonyl (C=O) groups is 1. The van der Waals surface area contributed by atoms with Gasteiger partial charge in [0.15, 0.2) is 5.13 Å². The number of nitrogens with zero attached hydrogens (tertiary/aromatic N) is 6. The van der Waals surface area contributed by atoms with Crippen LogP contribution < -0.4 is 15.5 Å². The summed E-state index contributed by atoms with van der Waals surface area (Å²) in [5.74, 6) is 1.33. The van der Waals surface area contributed by atoms with Crippen molar-refractivity contribution in [2.75, 3.05) is 41.7 Å². The normalized spacial score (nSPS) is 16.6. The molecule has 9 nitrogen and oxygen atoms in total. The van der Waals surface area contributed by atoms with Gasteiger partial charge in [0.05, 0.1) is 28.1 Å². The molecule has 0 spiro atoms. The average molecular weight is 479 g/mol. The van der Waals surface area contributed by atoms with E-state index in [1.54, 1.807) is 24.5 Å². The number of carbonyl (C=O) groups excluding carboxylic acids is 1. The lowest BCUT2D eigenvalue weighted by molar-refractivity contribution is -0.129. The van der Waals surface area contributed by atoms with E-state index in [2.05, 4.69) is 25.5 Å². The van der Waals surface area contributed by atoms with E-state index in [1.165, 1.54) is 25.7 Å². The fourth-order valence-corrected chi connectivity index (χ4v) is 5.54. The molecular formula is C24H30N8OS. The van der Waals surface area contributed by atoms with Crippen LogP contribution >= 0.6 is 11.3 Å². The summed E-state index contributed by atoms with van der Waals surface area (Å²) in [6.45, 7) is 6.75. The van der Waals surface area contributed by atoms with Gasteiger partial charge < -0.3 is 20.4 Å². The minimum Gasteiger partial charge on any atom is -0.367 e. The monoisotopic (exact) mass is 478 g/mol. The summed E-state index contributed by atoms with van der Waals surface area (Å²) in [6, 6.07) is 6.43. The van der Waals surface area contributed by atoms with Gasteiger partial charge in [0.25, 0.3) is 0 Å². The van der Waals surface area contributed by atoms with Gasteiger partial charge in [0, 0.05) is 45.3 Å². The van der Waals surface area contributed by atoms with E-state index >= 15 is 0 Å². The van der Waals surface area contributed by atoms with Crippen molar-refractivity contribution in [2.45, 2.75) is 45.6 Å². The molecule has 2 fully saturated rings. The Balaban J connectivity index is 1.24. The number of nitrogens with one attached hydrogen (secondary N) is 2. The number of amides is 1. The molecular weight excluding hydrogens is 448 g/mol. The van der Waals surface area contributed by atoms with Crippen molar-refractivity contribution in [2.24, 2.45) is 0 Å². The third kappa shape index (κ3) is 5.11. The van der Waals surface area contributed by atoms with E-state index in [0.29, 0.717) is 17.8 Å². The first-order chi connectivity index (χ1) is 16.5. The molecule has 0 aromatic carbocycles. The molecule has 2 N–H and O–H groups in total. The fourth-order valence-electron chi connectivity index (χ4n) is 4.53. The number of hydrogen-bond acceptors (Lipinski definition) is 9. The number of pyridine rings is 1. The molecule has 1 aliphatic carbocycles. The zero-order chi connectivity index (χ0) is 23.5. The number of aromatic nitrogens is 4. The highest BCUT2D eigenvalue weighted by Crippen LogP contribution is 2.33. The first-order valence-corrected chi connectivity index (χ1v) is 12.7. The lowest BCUT2D eigenvalue weighted by Gasteiger charge is -2.35. The number of piperazine rings is 1. The molecule has 0 atom stereocenters. The van der Waals surface area contributed by atoms with Crippen molar-refractivity contribution in [1.82, 2.24) is 24.8 Å². The van der Waals surface area contributed by atoms with Gasteiger partial charge in [-0.15, -0.1) is 0 Å². The Morgan fingerprint density at radius 1 is 1.06 bits per heavy atom. The highest BCUT2D eigenvalue weighted by Gasteiger charge is 2.20. The minimum atomic E-state index is 0.134. The third-order valence-electron chi connectivity index (χ3n) is 6.45. The van der Waals surface area contributed by atoms with Crippen molar-refractivity contribution in [1.29, 1.82) is 0 Å². The maximum atomic E-state index is 11.5. The summed E-state index contributed by atoms with van der Waals surface area (Å²) in [6.07, 6.45) is 8.63. The quantitative estimate of drug-likeness (QED) is 0.547. The minimum absolute atomic E-state index is 0.134. The van der Waals surface area contributed by atoms with E-state index in [9.17, 15) is 4.79 Å². The van der Waals surface area contributed by atoms with Crippen molar-refractivity contribution >= 4 is 39.8 Å². The lowest BCUT2D eigenvalue weighted by atomic mass is 10.2. The lowest BCUT2D eigenvalue weighted by Crippen LogP contribution is -2.48. The molecule has 34 heavy (non-hydrogen) atoms. The zero-order valence-corrected chi connectivity index (χ0v) is 20.4. The Hall–Kier alpha value is -3.27.